The maximum Gasteiger partial charge on any atom is 0.305 e. The van der Waals surface area contributed by atoms with Gasteiger partial charge in [0.2, 0.25) is 10.0 Å². The molecule has 0 atom stereocenters. The third-order valence-electron chi connectivity index (χ3n) is 3.65. The van der Waals surface area contributed by atoms with E-state index in [0.717, 1.165) is 0 Å². The van der Waals surface area contributed by atoms with Gasteiger partial charge in [-0.2, -0.15) is 4.31 Å². The highest BCUT2D eigenvalue weighted by Gasteiger charge is 2.28. The van der Waals surface area contributed by atoms with Crippen LogP contribution in [0.2, 0.25) is 0 Å². The van der Waals surface area contributed by atoms with Crippen molar-refractivity contribution in [3.63, 3.8) is 0 Å². The SMILES string of the molecule is COc1ccc(S(=O)(=O)N2CCOCC2)cc1C(=O)NCCC(=O)O. The smallest absolute Gasteiger partial charge is 0.305 e. The van der Waals surface area contributed by atoms with Crippen LogP contribution in [0.25, 0.3) is 0 Å². The lowest BCUT2D eigenvalue weighted by atomic mass is 10.2. The summed E-state index contributed by atoms with van der Waals surface area (Å²) < 4.78 is 36.9. The van der Waals surface area contributed by atoms with E-state index in [1.165, 1.54) is 29.6 Å². The number of carbonyl (C=O) groups is 2. The number of benzene rings is 1. The number of nitrogens with one attached hydrogen (secondary N) is 1. The summed E-state index contributed by atoms with van der Waals surface area (Å²) in [5.74, 6) is -1.44. The summed E-state index contributed by atoms with van der Waals surface area (Å²) in [6, 6.07) is 4.01. The molecular formula is C15H20N2O7S. The van der Waals surface area contributed by atoms with Crippen molar-refractivity contribution in [2.45, 2.75) is 11.3 Å². The maximum absolute atomic E-state index is 12.7. The van der Waals surface area contributed by atoms with E-state index in [4.69, 9.17) is 14.6 Å². The summed E-state index contributed by atoms with van der Waals surface area (Å²) in [6.45, 7) is 1.05. The van der Waals surface area contributed by atoms with Gasteiger partial charge in [-0.15, -0.1) is 0 Å². The van der Waals surface area contributed by atoms with Gasteiger partial charge in [0, 0.05) is 19.6 Å². The number of carbonyl (C=O) groups excluding carboxylic acids is 1. The molecule has 1 fully saturated rings. The third kappa shape index (κ3) is 4.68. The molecule has 2 rings (SSSR count). The molecule has 2 N–H and O–H groups in total. The van der Waals surface area contributed by atoms with Crippen LogP contribution < -0.4 is 10.1 Å². The van der Waals surface area contributed by atoms with E-state index in [1.54, 1.807) is 0 Å². The molecule has 0 bridgehead atoms. The fourth-order valence-electron chi connectivity index (χ4n) is 2.34. The third-order valence-corrected chi connectivity index (χ3v) is 5.54. The second-order valence-corrected chi connectivity index (χ2v) is 7.22. The van der Waals surface area contributed by atoms with Crippen molar-refractivity contribution >= 4 is 21.9 Å². The lowest BCUT2D eigenvalue weighted by Crippen LogP contribution is -2.40. The van der Waals surface area contributed by atoms with E-state index in [1.807, 2.05) is 0 Å². The van der Waals surface area contributed by atoms with Gasteiger partial charge in [0.15, 0.2) is 0 Å². The van der Waals surface area contributed by atoms with E-state index >= 15 is 0 Å². The van der Waals surface area contributed by atoms with E-state index in [-0.39, 0.29) is 42.3 Å². The van der Waals surface area contributed by atoms with E-state index in [0.29, 0.717) is 13.2 Å². The Balaban J connectivity index is 2.26. The number of carboxylic acids is 1. The molecule has 9 nitrogen and oxygen atoms in total. The first-order valence-electron chi connectivity index (χ1n) is 7.62. The Kier molecular flexibility index (Phi) is 6.34. The minimum absolute atomic E-state index is 0.0291. The minimum Gasteiger partial charge on any atom is -0.496 e. The summed E-state index contributed by atoms with van der Waals surface area (Å²) >= 11 is 0. The molecule has 1 amide bonds. The largest absolute Gasteiger partial charge is 0.496 e. The molecule has 1 aromatic rings. The van der Waals surface area contributed by atoms with E-state index in [2.05, 4.69) is 5.32 Å². The van der Waals surface area contributed by atoms with E-state index < -0.39 is 21.9 Å². The predicted molar refractivity (Wildman–Crippen MR) is 87.2 cm³/mol. The number of rotatable bonds is 7. The molecule has 138 valence electrons. The average molecular weight is 372 g/mol. The quantitative estimate of drug-likeness (QED) is 0.686. The average Bonchev–Trinajstić information content (AvgIpc) is 2.61. The zero-order valence-electron chi connectivity index (χ0n) is 13.7. The molecule has 0 radical (unpaired) electrons. The summed E-state index contributed by atoms with van der Waals surface area (Å²) in [7, 11) is -2.39. The van der Waals surface area contributed by atoms with Gasteiger partial charge in [-0.3, -0.25) is 9.59 Å². The van der Waals surface area contributed by atoms with Crippen LogP contribution in [0.3, 0.4) is 0 Å². The maximum atomic E-state index is 12.7. The number of amides is 1. The standard InChI is InChI=1S/C15H20N2O7S/c1-23-13-3-2-11(25(21,22)17-6-8-24-9-7-17)10-12(13)15(20)16-5-4-14(18)19/h2-3,10H,4-9H2,1H3,(H,16,20)(H,18,19). The Bertz CT molecular complexity index is 742. The van der Waals surface area contributed by atoms with Crippen LogP contribution in [-0.2, 0) is 19.6 Å². The van der Waals surface area contributed by atoms with Crippen molar-refractivity contribution in [3.05, 3.63) is 23.8 Å². The van der Waals surface area contributed by atoms with Gasteiger partial charge in [-0.05, 0) is 18.2 Å². The van der Waals surface area contributed by atoms with Crippen molar-refractivity contribution in [1.29, 1.82) is 0 Å². The Hall–Kier alpha value is -2.17. The van der Waals surface area contributed by atoms with Crippen molar-refractivity contribution in [3.8, 4) is 5.75 Å². The molecule has 1 aromatic carbocycles. The fraction of sp³-hybridized carbons (Fsp3) is 0.467. The summed E-state index contributed by atoms with van der Waals surface area (Å²) in [4.78, 5) is 22.7. The number of morpholine rings is 1. The minimum atomic E-state index is -3.75. The van der Waals surface area contributed by atoms with Gasteiger partial charge in [-0.25, -0.2) is 8.42 Å². The molecular weight excluding hydrogens is 352 g/mol. The first-order chi connectivity index (χ1) is 11.9. The molecule has 1 aliphatic heterocycles. The van der Waals surface area contributed by atoms with Crippen LogP contribution in [0, 0.1) is 0 Å². The van der Waals surface area contributed by atoms with Gasteiger partial charge in [-0.1, -0.05) is 0 Å². The monoisotopic (exact) mass is 372 g/mol. The highest BCUT2D eigenvalue weighted by molar-refractivity contribution is 7.89. The summed E-state index contributed by atoms with van der Waals surface area (Å²) in [5, 5.41) is 11.1. The number of hydrogen-bond acceptors (Lipinski definition) is 6. The van der Waals surface area contributed by atoms with Crippen molar-refractivity contribution in [2.75, 3.05) is 40.0 Å². The highest BCUT2D eigenvalue weighted by atomic mass is 32.2. The number of methoxy groups -OCH3 is 1. The van der Waals surface area contributed by atoms with Crippen LogP contribution >= 0.6 is 0 Å². The predicted octanol–water partition coefficient (Wildman–Crippen LogP) is -0.0794. The van der Waals surface area contributed by atoms with Crippen molar-refractivity contribution < 1.29 is 32.6 Å². The van der Waals surface area contributed by atoms with Crippen LogP contribution in [-0.4, -0.2) is 69.7 Å². The number of nitrogens with zero attached hydrogens (tertiary/aromatic N) is 1. The number of aliphatic carboxylic acids is 1. The molecule has 1 heterocycles. The summed E-state index contributed by atoms with van der Waals surface area (Å²) in [6.07, 6.45) is -0.236. The number of carboxylic acid groups (broad SMARTS) is 1. The van der Waals surface area contributed by atoms with Gasteiger partial charge in [0.25, 0.3) is 5.91 Å². The molecule has 1 aliphatic rings. The molecule has 0 aromatic heterocycles. The molecule has 0 saturated carbocycles. The first-order valence-corrected chi connectivity index (χ1v) is 9.06. The molecule has 10 heteroatoms. The molecule has 0 aliphatic carbocycles. The Morgan fingerprint density at radius 2 is 2.00 bits per heavy atom. The fourth-order valence-corrected chi connectivity index (χ4v) is 3.77. The van der Waals surface area contributed by atoms with Crippen molar-refractivity contribution in [2.24, 2.45) is 0 Å². The zero-order valence-corrected chi connectivity index (χ0v) is 14.5. The van der Waals surface area contributed by atoms with Gasteiger partial charge in [0.05, 0.1) is 37.2 Å². The Morgan fingerprint density at radius 1 is 1.32 bits per heavy atom. The van der Waals surface area contributed by atoms with Crippen molar-refractivity contribution in [1.82, 2.24) is 9.62 Å². The molecule has 0 spiro atoms. The molecule has 25 heavy (non-hydrogen) atoms. The number of ether oxygens (including phenoxy) is 2. The lowest BCUT2D eigenvalue weighted by Gasteiger charge is -2.26. The van der Waals surface area contributed by atoms with Crippen LogP contribution in [0.4, 0.5) is 0 Å². The summed E-state index contributed by atoms with van der Waals surface area (Å²) in [5.41, 5.74) is 0.0298. The second kappa shape index (κ2) is 8.28. The highest BCUT2D eigenvalue weighted by Crippen LogP contribution is 2.25. The van der Waals surface area contributed by atoms with Gasteiger partial charge in [0.1, 0.15) is 5.75 Å². The topological polar surface area (TPSA) is 122 Å². The van der Waals surface area contributed by atoms with Crippen LogP contribution in [0.1, 0.15) is 16.8 Å². The second-order valence-electron chi connectivity index (χ2n) is 5.28. The van der Waals surface area contributed by atoms with E-state index in [9.17, 15) is 18.0 Å². The number of sulfonamides is 1. The van der Waals surface area contributed by atoms with Crippen LogP contribution in [0.5, 0.6) is 5.75 Å². The lowest BCUT2D eigenvalue weighted by molar-refractivity contribution is -0.136. The molecule has 0 unspecified atom stereocenters. The number of hydrogen-bond donors (Lipinski definition) is 2. The van der Waals surface area contributed by atoms with Gasteiger partial charge < -0.3 is 19.9 Å². The Labute approximate surface area is 145 Å². The Morgan fingerprint density at radius 3 is 2.60 bits per heavy atom. The first kappa shape index (κ1) is 19.2. The normalized spacial score (nSPS) is 15.6. The molecule has 1 saturated heterocycles. The zero-order chi connectivity index (χ0) is 18.4. The van der Waals surface area contributed by atoms with Crippen LogP contribution in [0.15, 0.2) is 23.1 Å². The van der Waals surface area contributed by atoms with Gasteiger partial charge >= 0.3 is 5.97 Å².